The smallest absolute Gasteiger partial charge is 0.143 e. The van der Waals surface area contributed by atoms with Crippen LogP contribution in [-0.2, 0) is 11.3 Å². The Morgan fingerprint density at radius 2 is 1.84 bits per heavy atom. The maximum atomic E-state index is 9.70. The van der Waals surface area contributed by atoms with Crippen molar-refractivity contribution in [2.75, 3.05) is 26.8 Å². The molecule has 0 aliphatic carbocycles. The minimum atomic E-state index is 0.260. The highest BCUT2D eigenvalue weighted by Crippen LogP contribution is 2.33. The summed E-state index contributed by atoms with van der Waals surface area (Å²) in [5.74, 6) is 0.999. The van der Waals surface area contributed by atoms with Crippen molar-refractivity contribution in [3.63, 3.8) is 0 Å². The monoisotopic (exact) mass is 391 g/mol. The fourth-order valence-corrected chi connectivity index (χ4v) is 3.74. The Bertz CT molecular complexity index is 410. The van der Waals surface area contributed by atoms with E-state index in [0.29, 0.717) is 0 Å². The summed E-state index contributed by atoms with van der Waals surface area (Å²) in [5.41, 5.74) is 1.19. The van der Waals surface area contributed by atoms with Gasteiger partial charge in [-0.2, -0.15) is 0 Å². The minimum Gasteiger partial charge on any atom is -0.506 e. The molecule has 3 nitrogen and oxygen atoms in total. The number of phenols is 1. The molecule has 0 bridgehead atoms. The molecular formula is C14H19Br2NO2. The lowest BCUT2D eigenvalue weighted by molar-refractivity contribution is 0.0549. The quantitative estimate of drug-likeness (QED) is 0.846. The number of hydrogen-bond donors (Lipinski definition) is 1. The maximum Gasteiger partial charge on any atom is 0.143 e. The standard InChI is InChI=1S/C14H19Br2NO2/c1-17(8-10-2-4-19-5-3-10)9-11-6-12(15)14(18)13(16)7-11/h6-7,10,18H,2-5,8-9H2,1H3. The van der Waals surface area contributed by atoms with Crippen LogP contribution >= 0.6 is 31.9 Å². The van der Waals surface area contributed by atoms with Gasteiger partial charge in [-0.25, -0.2) is 0 Å². The molecule has 1 fully saturated rings. The van der Waals surface area contributed by atoms with Crippen molar-refractivity contribution in [3.8, 4) is 5.75 Å². The Morgan fingerprint density at radius 1 is 1.26 bits per heavy atom. The van der Waals surface area contributed by atoms with E-state index in [-0.39, 0.29) is 5.75 Å². The zero-order chi connectivity index (χ0) is 13.8. The number of benzene rings is 1. The number of aromatic hydroxyl groups is 1. The molecule has 0 aromatic heterocycles. The molecule has 5 heteroatoms. The molecule has 0 atom stereocenters. The van der Waals surface area contributed by atoms with Crippen LogP contribution in [0.2, 0.25) is 0 Å². The van der Waals surface area contributed by atoms with Gasteiger partial charge >= 0.3 is 0 Å². The van der Waals surface area contributed by atoms with Crippen molar-refractivity contribution < 1.29 is 9.84 Å². The molecule has 1 N–H and O–H groups in total. The van der Waals surface area contributed by atoms with Gasteiger partial charge in [0.1, 0.15) is 5.75 Å². The van der Waals surface area contributed by atoms with Gasteiger partial charge in [0.25, 0.3) is 0 Å². The van der Waals surface area contributed by atoms with Crippen LogP contribution in [0.5, 0.6) is 5.75 Å². The zero-order valence-corrected chi connectivity index (χ0v) is 14.2. The molecule has 0 amide bonds. The Labute approximate surface area is 131 Å². The van der Waals surface area contributed by atoms with E-state index < -0.39 is 0 Å². The highest BCUT2D eigenvalue weighted by atomic mass is 79.9. The van der Waals surface area contributed by atoms with Crippen LogP contribution in [0.4, 0.5) is 0 Å². The van der Waals surface area contributed by atoms with E-state index in [0.717, 1.165) is 54.0 Å². The fourth-order valence-electron chi connectivity index (χ4n) is 2.46. The lowest BCUT2D eigenvalue weighted by Crippen LogP contribution is -2.29. The lowest BCUT2D eigenvalue weighted by atomic mass is 10.00. The highest BCUT2D eigenvalue weighted by Gasteiger charge is 2.16. The second kappa shape index (κ2) is 7.07. The predicted octanol–water partition coefficient (Wildman–Crippen LogP) is 3.78. The summed E-state index contributed by atoms with van der Waals surface area (Å²) < 4.78 is 6.85. The van der Waals surface area contributed by atoms with E-state index in [1.807, 2.05) is 12.1 Å². The summed E-state index contributed by atoms with van der Waals surface area (Å²) >= 11 is 6.74. The van der Waals surface area contributed by atoms with Crippen molar-refractivity contribution in [2.24, 2.45) is 5.92 Å². The van der Waals surface area contributed by atoms with Crippen LogP contribution in [0.15, 0.2) is 21.1 Å². The normalized spacial score (nSPS) is 17.1. The molecule has 19 heavy (non-hydrogen) atoms. The SMILES string of the molecule is CN(Cc1cc(Br)c(O)c(Br)c1)CC1CCOCC1. The summed E-state index contributed by atoms with van der Waals surface area (Å²) in [4.78, 5) is 2.33. The highest BCUT2D eigenvalue weighted by molar-refractivity contribution is 9.11. The third kappa shape index (κ3) is 4.45. The molecule has 1 heterocycles. The van der Waals surface area contributed by atoms with Gasteiger partial charge in [-0.1, -0.05) is 0 Å². The molecule has 0 saturated carbocycles. The lowest BCUT2D eigenvalue weighted by Gasteiger charge is -2.27. The molecule has 0 unspecified atom stereocenters. The van der Waals surface area contributed by atoms with Gasteiger partial charge in [-0.05, 0) is 75.4 Å². The Morgan fingerprint density at radius 3 is 2.42 bits per heavy atom. The summed E-state index contributed by atoms with van der Waals surface area (Å²) in [5, 5.41) is 9.70. The van der Waals surface area contributed by atoms with E-state index in [1.54, 1.807) is 0 Å². The van der Waals surface area contributed by atoms with Gasteiger partial charge in [0.15, 0.2) is 0 Å². The summed E-state index contributed by atoms with van der Waals surface area (Å²) in [6.07, 6.45) is 2.32. The number of hydrogen-bond acceptors (Lipinski definition) is 3. The Kier molecular flexibility index (Phi) is 5.69. The average molecular weight is 393 g/mol. The Hall–Kier alpha value is -0.100. The Balaban J connectivity index is 1.92. The van der Waals surface area contributed by atoms with Crippen LogP contribution < -0.4 is 0 Å². The van der Waals surface area contributed by atoms with Gasteiger partial charge in [-0.3, -0.25) is 0 Å². The predicted molar refractivity (Wildman–Crippen MR) is 83.4 cm³/mol. The van der Waals surface area contributed by atoms with Crippen LogP contribution in [0.3, 0.4) is 0 Å². The van der Waals surface area contributed by atoms with E-state index in [2.05, 4.69) is 43.8 Å². The largest absolute Gasteiger partial charge is 0.506 e. The van der Waals surface area contributed by atoms with Crippen LogP contribution in [-0.4, -0.2) is 36.8 Å². The molecular weight excluding hydrogens is 374 g/mol. The molecule has 1 aromatic carbocycles. The van der Waals surface area contributed by atoms with Crippen molar-refractivity contribution in [1.82, 2.24) is 4.90 Å². The van der Waals surface area contributed by atoms with E-state index in [4.69, 9.17) is 4.74 Å². The van der Waals surface area contributed by atoms with Gasteiger partial charge < -0.3 is 14.7 Å². The first-order valence-corrected chi connectivity index (χ1v) is 8.08. The third-order valence-corrected chi connectivity index (χ3v) is 4.65. The number of nitrogens with zero attached hydrogens (tertiary/aromatic N) is 1. The van der Waals surface area contributed by atoms with Gasteiger partial charge in [0.05, 0.1) is 8.95 Å². The average Bonchev–Trinajstić information content (AvgIpc) is 2.37. The first kappa shape index (κ1) is 15.3. The van der Waals surface area contributed by atoms with Crippen molar-refractivity contribution in [2.45, 2.75) is 19.4 Å². The van der Waals surface area contributed by atoms with Gasteiger partial charge in [0.2, 0.25) is 0 Å². The first-order chi connectivity index (χ1) is 9.06. The topological polar surface area (TPSA) is 32.7 Å². The molecule has 1 aromatic rings. The van der Waals surface area contributed by atoms with Gasteiger partial charge in [-0.15, -0.1) is 0 Å². The zero-order valence-electron chi connectivity index (χ0n) is 11.0. The first-order valence-electron chi connectivity index (χ1n) is 6.49. The van der Waals surface area contributed by atoms with Crippen molar-refractivity contribution in [3.05, 3.63) is 26.6 Å². The molecule has 1 aliphatic rings. The second-order valence-corrected chi connectivity index (χ2v) is 6.87. The van der Waals surface area contributed by atoms with E-state index >= 15 is 0 Å². The molecule has 0 radical (unpaired) electrons. The second-order valence-electron chi connectivity index (χ2n) is 5.16. The van der Waals surface area contributed by atoms with Crippen molar-refractivity contribution in [1.29, 1.82) is 0 Å². The molecule has 2 rings (SSSR count). The molecule has 0 spiro atoms. The maximum absolute atomic E-state index is 9.70. The van der Waals surface area contributed by atoms with Crippen LogP contribution in [0, 0.1) is 5.92 Å². The fraction of sp³-hybridized carbons (Fsp3) is 0.571. The molecule has 106 valence electrons. The number of phenolic OH excluding ortho intramolecular Hbond substituents is 1. The van der Waals surface area contributed by atoms with Crippen LogP contribution in [0.1, 0.15) is 18.4 Å². The third-order valence-electron chi connectivity index (χ3n) is 3.44. The summed E-state index contributed by atoms with van der Waals surface area (Å²) in [6.45, 7) is 3.78. The van der Waals surface area contributed by atoms with Crippen LogP contribution in [0.25, 0.3) is 0 Å². The number of rotatable bonds is 4. The minimum absolute atomic E-state index is 0.260. The molecule has 1 saturated heterocycles. The number of halogens is 2. The summed E-state index contributed by atoms with van der Waals surface area (Å²) in [6, 6.07) is 3.95. The molecule has 1 aliphatic heterocycles. The van der Waals surface area contributed by atoms with Gasteiger partial charge in [0, 0.05) is 26.3 Å². The number of ether oxygens (including phenoxy) is 1. The summed E-state index contributed by atoms with van der Waals surface area (Å²) in [7, 11) is 2.14. The van der Waals surface area contributed by atoms with E-state index in [9.17, 15) is 5.11 Å². The van der Waals surface area contributed by atoms with E-state index in [1.165, 1.54) is 5.56 Å². The van der Waals surface area contributed by atoms with Crippen molar-refractivity contribution >= 4 is 31.9 Å².